The second kappa shape index (κ2) is 38.8. The highest BCUT2D eigenvalue weighted by atomic mass is 16.5. The number of hydrogen-bond donors (Lipinski definition) is 4. The van der Waals surface area contributed by atoms with Crippen molar-refractivity contribution in [1.82, 2.24) is 14.7 Å². The zero-order valence-electron chi connectivity index (χ0n) is 65.3. The fraction of sp³-hybridized carbons (Fsp3) is 0.347. The number of aliphatic hydroxyl groups is 2. The van der Waals surface area contributed by atoms with E-state index in [2.05, 4.69) is 198 Å². The molecule has 0 radical (unpaired) electrons. The third kappa shape index (κ3) is 22.4. The molecular formula is C95H113N5O8. The van der Waals surface area contributed by atoms with E-state index in [4.69, 9.17) is 9.47 Å². The van der Waals surface area contributed by atoms with E-state index >= 15 is 0 Å². The largest absolute Gasteiger partial charge is 0.508 e. The summed E-state index contributed by atoms with van der Waals surface area (Å²) in [6, 6.07) is 81.2. The Labute approximate surface area is 642 Å². The Morgan fingerprint density at radius 2 is 0.713 bits per heavy atom. The van der Waals surface area contributed by atoms with Gasteiger partial charge in [-0.15, -0.1) is 0 Å². The lowest BCUT2D eigenvalue weighted by Gasteiger charge is -2.42. The van der Waals surface area contributed by atoms with Crippen LogP contribution in [0.3, 0.4) is 0 Å². The number of aliphatic hydroxyl groups excluding tert-OH is 2. The number of likely N-dealkylation sites (tertiary alicyclic amines) is 1. The van der Waals surface area contributed by atoms with Crippen LogP contribution in [0.15, 0.2) is 237 Å². The number of carbonyl (C=O) groups is 2. The van der Waals surface area contributed by atoms with Gasteiger partial charge in [0, 0.05) is 102 Å². The summed E-state index contributed by atoms with van der Waals surface area (Å²) in [6.45, 7) is 27.0. The van der Waals surface area contributed by atoms with Gasteiger partial charge in [0.15, 0.2) is 0 Å². The molecule has 13 nitrogen and oxygen atoms in total. The number of phenolic OH excluding ortho intramolecular Hbond substituents is 2. The van der Waals surface area contributed by atoms with Crippen LogP contribution in [-0.4, -0.2) is 152 Å². The van der Waals surface area contributed by atoms with Crippen molar-refractivity contribution < 1.29 is 39.5 Å². The second-order valence-electron chi connectivity index (χ2n) is 31.1. The summed E-state index contributed by atoms with van der Waals surface area (Å²) < 4.78 is 11.2. The van der Waals surface area contributed by atoms with Crippen LogP contribution >= 0.6 is 0 Å². The van der Waals surface area contributed by atoms with Gasteiger partial charge in [-0.25, -0.2) is 0 Å². The Hall–Kier alpha value is -9.86. The number of piperazine rings is 2. The van der Waals surface area contributed by atoms with Gasteiger partial charge in [0.25, 0.3) is 0 Å². The predicted octanol–water partition coefficient (Wildman–Crippen LogP) is 18.5. The normalized spacial score (nSPS) is 15.3. The molecule has 0 aromatic heterocycles. The lowest BCUT2D eigenvalue weighted by Crippen LogP contribution is -2.48. The Morgan fingerprint density at radius 3 is 1.04 bits per heavy atom. The van der Waals surface area contributed by atoms with Crippen LogP contribution in [0.5, 0.6) is 17.2 Å². The van der Waals surface area contributed by atoms with E-state index < -0.39 is 10.8 Å². The van der Waals surface area contributed by atoms with Gasteiger partial charge in [-0.3, -0.25) is 14.5 Å². The summed E-state index contributed by atoms with van der Waals surface area (Å²) >= 11 is 0. The monoisotopic (exact) mass is 1450 g/mol. The van der Waals surface area contributed by atoms with E-state index in [9.17, 15) is 30.0 Å². The first-order valence-electron chi connectivity index (χ1n) is 38.6. The zero-order valence-corrected chi connectivity index (χ0v) is 65.3. The molecule has 108 heavy (non-hydrogen) atoms. The molecule has 566 valence electrons. The first kappa shape index (κ1) is 80.7. The number of likely N-dealkylation sites (N-methyl/N-ethyl adjacent to an activating group) is 2. The average molecular weight is 1450 g/mol. The number of anilines is 2. The van der Waals surface area contributed by atoms with Crippen molar-refractivity contribution in [2.75, 3.05) is 109 Å². The number of rotatable bonds is 24. The van der Waals surface area contributed by atoms with E-state index in [1.165, 1.54) is 39.2 Å². The molecule has 0 bridgehead atoms. The summed E-state index contributed by atoms with van der Waals surface area (Å²) in [7, 11) is 4.34. The van der Waals surface area contributed by atoms with Gasteiger partial charge in [-0.2, -0.15) is 0 Å². The van der Waals surface area contributed by atoms with Gasteiger partial charge >= 0.3 is 11.9 Å². The number of ether oxygens (including phenoxy) is 2. The van der Waals surface area contributed by atoms with Gasteiger partial charge in [-0.05, 0) is 258 Å². The maximum absolute atomic E-state index is 12.4. The molecule has 12 rings (SSSR count). The third-order valence-electron chi connectivity index (χ3n) is 20.5. The Morgan fingerprint density at radius 1 is 0.398 bits per heavy atom. The van der Waals surface area contributed by atoms with E-state index in [-0.39, 0.29) is 36.7 Å². The minimum atomic E-state index is -0.569. The average Bonchev–Trinajstić information content (AvgIpc) is 0.791. The van der Waals surface area contributed by atoms with Crippen molar-refractivity contribution in [3.8, 4) is 17.2 Å². The highest BCUT2D eigenvalue weighted by molar-refractivity contribution is 6.01. The molecule has 0 amide bonds. The number of hydrogen-bond acceptors (Lipinski definition) is 13. The summed E-state index contributed by atoms with van der Waals surface area (Å²) in [5, 5.41) is 39.1. The van der Waals surface area contributed by atoms with Crippen molar-refractivity contribution in [3.63, 3.8) is 0 Å². The molecule has 3 aliphatic rings. The first-order valence-corrected chi connectivity index (χ1v) is 38.6. The molecule has 0 aliphatic carbocycles. The highest BCUT2D eigenvalue weighted by Crippen LogP contribution is 2.41. The van der Waals surface area contributed by atoms with E-state index in [0.717, 1.165) is 146 Å². The molecule has 0 spiro atoms. The number of carbonyl (C=O) groups excluding carboxylic acids is 2. The lowest BCUT2D eigenvalue weighted by atomic mass is 9.85. The van der Waals surface area contributed by atoms with Crippen LogP contribution < -0.4 is 14.5 Å². The number of allylic oxidation sites excluding steroid dienone is 3. The fourth-order valence-corrected chi connectivity index (χ4v) is 13.9. The van der Waals surface area contributed by atoms with Gasteiger partial charge < -0.3 is 49.5 Å². The van der Waals surface area contributed by atoms with Crippen LogP contribution in [0.25, 0.3) is 33.4 Å². The summed E-state index contributed by atoms with van der Waals surface area (Å²) in [5.41, 5.74) is 19.8. The molecule has 4 N–H and O–H groups in total. The molecule has 0 unspecified atom stereocenters. The molecule has 0 saturated carbocycles. The molecule has 3 fully saturated rings. The van der Waals surface area contributed by atoms with Crippen LogP contribution in [0.4, 0.5) is 11.4 Å². The Balaban J connectivity index is 0.000000174. The zero-order chi connectivity index (χ0) is 76.7. The summed E-state index contributed by atoms with van der Waals surface area (Å²) in [5.74, 6) is 1.22. The van der Waals surface area contributed by atoms with Crippen molar-refractivity contribution in [3.05, 3.63) is 292 Å². The minimum absolute atomic E-state index is 0.133. The lowest BCUT2D eigenvalue weighted by molar-refractivity contribution is -0.153. The van der Waals surface area contributed by atoms with Crippen molar-refractivity contribution >= 4 is 56.8 Å². The van der Waals surface area contributed by atoms with Crippen molar-refractivity contribution in [1.29, 1.82) is 0 Å². The van der Waals surface area contributed by atoms with Gasteiger partial charge in [-0.1, -0.05) is 176 Å². The smallest absolute Gasteiger partial charge is 0.316 e. The van der Waals surface area contributed by atoms with Crippen LogP contribution in [-0.2, 0) is 14.3 Å². The molecule has 3 heterocycles. The molecule has 9 aromatic carbocycles. The fourth-order valence-electron chi connectivity index (χ4n) is 13.9. The third-order valence-corrected chi connectivity index (χ3v) is 20.5. The summed E-state index contributed by atoms with van der Waals surface area (Å²) in [6.07, 6.45) is 4.37. The predicted molar refractivity (Wildman–Crippen MR) is 445 cm³/mol. The number of nitrogens with zero attached hydrogens (tertiary/aromatic N) is 5. The molecule has 3 saturated heterocycles. The molecule has 9 aromatic rings. The second-order valence-corrected chi connectivity index (χ2v) is 31.1. The highest BCUT2D eigenvalue weighted by Gasteiger charge is 2.31. The number of benzene rings is 9. The number of aromatic hydroxyl groups is 2. The van der Waals surface area contributed by atoms with Crippen molar-refractivity contribution in [2.45, 2.75) is 106 Å². The van der Waals surface area contributed by atoms with Gasteiger partial charge in [0.1, 0.15) is 17.2 Å². The first-order chi connectivity index (χ1) is 52.0. The van der Waals surface area contributed by atoms with E-state index in [1.54, 1.807) is 24.3 Å². The van der Waals surface area contributed by atoms with E-state index in [1.807, 2.05) is 108 Å². The van der Waals surface area contributed by atoms with Gasteiger partial charge in [0.05, 0.1) is 17.4 Å². The summed E-state index contributed by atoms with van der Waals surface area (Å²) in [4.78, 5) is 36.8. The minimum Gasteiger partial charge on any atom is -0.508 e. The molecule has 13 heteroatoms. The Bertz CT molecular complexity index is 4370. The van der Waals surface area contributed by atoms with Crippen molar-refractivity contribution in [2.24, 2.45) is 10.8 Å². The van der Waals surface area contributed by atoms with Crippen LogP contribution in [0, 0.1) is 10.8 Å². The SMILES string of the molecule is CC(C)N1CC(c2ccc(/C(=C(/CCCO)c3ccccc3)c3ccc(O)cc3)cc2)C1.CN1CCN(c2ccc(/C(=C(/CCCO)c3ccccc3)c3ccc(OC(=O)C(C)(C)C)cc3)cc2)CC1.CN1CCN(c2ccc(/C(=C(/CCCOC(=O)C(C)(C)C)c3ccccc3)c3ccc(O)cc3)cc2)CC1. The maximum Gasteiger partial charge on any atom is 0.316 e. The van der Waals surface area contributed by atoms with E-state index in [0.29, 0.717) is 43.6 Å². The molecule has 3 aliphatic heterocycles. The standard InChI is InChI=1S/2C33H40N2O3.C29H33NO2/c1-33(2,3)32(37)38-24-8-11-30(25-9-6-5-7-10-25)31(27-14-18-29(36)19-15-27)26-12-16-28(17-13-26)35-22-20-34(4)21-23-35;1-33(2,3)32(37)38-29-18-14-27(15-19-29)31(30(11-8-24-36)25-9-6-5-7-10-25)26-12-16-28(17-13-26)35-22-20-34(4)21-23-35;1-21(2)30-19-26(20-30)22-10-12-24(13-11-22)29(25-14-16-27(32)17-15-25)28(9-6-18-31)23-7-4-3-5-8-23/h2*5-7,9-10,12-19,36H,8,11,20-24H2,1-4H3;3-5,7-8,10-17,21,26,31-32H,6,9,18-20H2,1-2H3/b2*31-30+;29-28+. The maximum atomic E-state index is 12.4. The Kier molecular flexibility index (Phi) is 29.0. The number of phenols is 2. The quantitative estimate of drug-likeness (QED) is 0.0197. The topological polar surface area (TPSA) is 150 Å². The van der Waals surface area contributed by atoms with Crippen LogP contribution in [0.1, 0.15) is 155 Å². The van der Waals surface area contributed by atoms with Crippen LogP contribution in [0.2, 0.25) is 0 Å². The van der Waals surface area contributed by atoms with Gasteiger partial charge in [0.2, 0.25) is 0 Å². The molecule has 0 atom stereocenters. The molecular weight excluding hydrogens is 1340 g/mol. The number of esters is 2.